The van der Waals surface area contributed by atoms with Crippen LogP contribution in [-0.4, -0.2) is 9.78 Å². The van der Waals surface area contributed by atoms with Crippen LogP contribution in [0.3, 0.4) is 0 Å². The Balaban J connectivity index is 2.55. The highest BCUT2D eigenvalue weighted by molar-refractivity contribution is 9.10. The fourth-order valence-corrected chi connectivity index (χ4v) is 2.46. The van der Waals surface area contributed by atoms with E-state index in [2.05, 4.69) is 21.0 Å². The Kier molecular flexibility index (Phi) is 3.33. The second-order valence-electron chi connectivity index (χ2n) is 3.44. The second-order valence-corrected chi connectivity index (χ2v) is 4.67. The number of rotatable bonds is 2. The molecule has 0 radical (unpaired) electrons. The fourth-order valence-electron chi connectivity index (χ4n) is 1.61. The number of aryl methyl sites for hydroxylation is 1. The molecule has 1 heterocycles. The molecule has 0 aliphatic heterocycles. The molecule has 0 saturated heterocycles. The summed E-state index contributed by atoms with van der Waals surface area (Å²) in [5.74, 6) is 0. The molecule has 0 atom stereocenters. The van der Waals surface area contributed by atoms with Gasteiger partial charge >= 0.3 is 0 Å². The summed E-state index contributed by atoms with van der Waals surface area (Å²) in [7, 11) is 1.90. The standard InChI is InChI=1S/C11H11BrClN3/c1-16-11(10(12)9(6-14)15-16)7-2-4-8(13)5-3-7/h2-5H,6,14H2,1H3. The normalized spacial score (nSPS) is 10.8. The first kappa shape index (κ1) is 11.6. The predicted octanol–water partition coefficient (Wildman–Crippen LogP) is 2.96. The van der Waals surface area contributed by atoms with Crippen LogP contribution in [0.2, 0.25) is 5.02 Å². The van der Waals surface area contributed by atoms with E-state index in [1.165, 1.54) is 0 Å². The van der Waals surface area contributed by atoms with Gasteiger partial charge in [0.25, 0.3) is 0 Å². The van der Waals surface area contributed by atoms with Gasteiger partial charge in [-0.25, -0.2) is 0 Å². The molecule has 5 heteroatoms. The van der Waals surface area contributed by atoms with E-state index in [9.17, 15) is 0 Å². The maximum absolute atomic E-state index is 5.86. The van der Waals surface area contributed by atoms with Gasteiger partial charge in [0.15, 0.2) is 0 Å². The maximum atomic E-state index is 5.86. The van der Waals surface area contributed by atoms with Crippen molar-refractivity contribution in [1.29, 1.82) is 0 Å². The number of aromatic nitrogens is 2. The van der Waals surface area contributed by atoms with E-state index in [1.807, 2.05) is 36.0 Å². The first-order chi connectivity index (χ1) is 7.63. The van der Waals surface area contributed by atoms with Gasteiger partial charge in [-0.3, -0.25) is 4.68 Å². The summed E-state index contributed by atoms with van der Waals surface area (Å²) < 4.78 is 2.76. The lowest BCUT2D eigenvalue weighted by Gasteiger charge is -2.02. The van der Waals surface area contributed by atoms with Crippen LogP contribution in [0.5, 0.6) is 0 Å². The smallest absolute Gasteiger partial charge is 0.0908 e. The van der Waals surface area contributed by atoms with Crippen LogP contribution in [0.15, 0.2) is 28.7 Å². The van der Waals surface area contributed by atoms with Gasteiger partial charge in [0, 0.05) is 24.2 Å². The van der Waals surface area contributed by atoms with E-state index in [4.69, 9.17) is 17.3 Å². The first-order valence-corrected chi connectivity index (χ1v) is 5.98. The molecule has 0 unspecified atom stereocenters. The third kappa shape index (κ3) is 2.00. The zero-order chi connectivity index (χ0) is 11.7. The number of halogens is 2. The lowest BCUT2D eigenvalue weighted by atomic mass is 10.1. The Morgan fingerprint density at radius 2 is 2.00 bits per heavy atom. The predicted molar refractivity (Wildman–Crippen MR) is 69.2 cm³/mol. The SMILES string of the molecule is Cn1nc(CN)c(Br)c1-c1ccc(Cl)cc1. The van der Waals surface area contributed by atoms with Gasteiger partial charge < -0.3 is 5.73 Å². The lowest BCUT2D eigenvalue weighted by molar-refractivity contribution is 0.749. The van der Waals surface area contributed by atoms with Crippen LogP contribution >= 0.6 is 27.5 Å². The molecule has 84 valence electrons. The van der Waals surface area contributed by atoms with Crippen molar-refractivity contribution in [2.75, 3.05) is 0 Å². The Morgan fingerprint density at radius 1 is 1.38 bits per heavy atom. The summed E-state index contributed by atoms with van der Waals surface area (Å²) in [6, 6.07) is 7.64. The van der Waals surface area contributed by atoms with Crippen molar-refractivity contribution in [3.8, 4) is 11.3 Å². The van der Waals surface area contributed by atoms with Gasteiger partial charge in [-0.1, -0.05) is 23.7 Å². The molecular weight excluding hydrogens is 289 g/mol. The van der Waals surface area contributed by atoms with E-state index in [-0.39, 0.29) is 0 Å². The summed E-state index contributed by atoms with van der Waals surface area (Å²) in [5, 5.41) is 5.06. The Morgan fingerprint density at radius 3 is 2.50 bits per heavy atom. The van der Waals surface area contributed by atoms with E-state index < -0.39 is 0 Å². The molecule has 1 aromatic heterocycles. The van der Waals surface area contributed by atoms with Crippen molar-refractivity contribution >= 4 is 27.5 Å². The molecule has 0 amide bonds. The molecule has 3 nitrogen and oxygen atoms in total. The monoisotopic (exact) mass is 299 g/mol. The third-order valence-corrected chi connectivity index (χ3v) is 3.45. The number of hydrogen-bond donors (Lipinski definition) is 1. The third-order valence-electron chi connectivity index (χ3n) is 2.37. The summed E-state index contributed by atoms with van der Waals surface area (Å²) in [4.78, 5) is 0. The van der Waals surface area contributed by atoms with Crippen LogP contribution in [0.4, 0.5) is 0 Å². The molecular formula is C11H11BrClN3. The van der Waals surface area contributed by atoms with Crippen LogP contribution in [0, 0.1) is 0 Å². The number of hydrogen-bond acceptors (Lipinski definition) is 2. The molecule has 1 aromatic carbocycles. The molecule has 0 fully saturated rings. The van der Waals surface area contributed by atoms with Crippen LogP contribution < -0.4 is 5.73 Å². The van der Waals surface area contributed by atoms with Crippen LogP contribution in [0.25, 0.3) is 11.3 Å². The van der Waals surface area contributed by atoms with E-state index >= 15 is 0 Å². The zero-order valence-corrected chi connectivity index (χ0v) is 11.1. The Bertz CT molecular complexity index is 505. The highest BCUT2D eigenvalue weighted by Crippen LogP contribution is 2.31. The van der Waals surface area contributed by atoms with Gasteiger partial charge in [0.1, 0.15) is 0 Å². The van der Waals surface area contributed by atoms with E-state index in [0.29, 0.717) is 6.54 Å². The Labute approximate surface area is 107 Å². The summed E-state index contributed by atoms with van der Waals surface area (Å²) >= 11 is 9.38. The number of nitrogens with zero attached hydrogens (tertiary/aromatic N) is 2. The van der Waals surface area contributed by atoms with Gasteiger partial charge in [-0.05, 0) is 28.1 Å². The molecule has 0 bridgehead atoms. The average molecular weight is 301 g/mol. The highest BCUT2D eigenvalue weighted by atomic mass is 79.9. The molecule has 0 aliphatic carbocycles. The van der Waals surface area contributed by atoms with Crippen molar-refractivity contribution in [3.63, 3.8) is 0 Å². The van der Waals surface area contributed by atoms with E-state index in [1.54, 1.807) is 0 Å². The first-order valence-electron chi connectivity index (χ1n) is 4.81. The maximum Gasteiger partial charge on any atom is 0.0908 e. The molecule has 0 saturated carbocycles. The topological polar surface area (TPSA) is 43.8 Å². The van der Waals surface area contributed by atoms with Crippen molar-refractivity contribution in [2.45, 2.75) is 6.54 Å². The molecule has 2 aromatic rings. The minimum absolute atomic E-state index is 0.419. The summed E-state index contributed by atoms with van der Waals surface area (Å²) in [5.41, 5.74) is 8.53. The van der Waals surface area contributed by atoms with Gasteiger partial charge in [-0.2, -0.15) is 5.10 Å². The molecule has 2 rings (SSSR count). The molecule has 0 spiro atoms. The Hall–Kier alpha value is -0.840. The number of nitrogens with two attached hydrogens (primary N) is 1. The van der Waals surface area contributed by atoms with Crippen LogP contribution in [-0.2, 0) is 13.6 Å². The van der Waals surface area contributed by atoms with Gasteiger partial charge in [-0.15, -0.1) is 0 Å². The number of benzene rings is 1. The van der Waals surface area contributed by atoms with Gasteiger partial charge in [0.2, 0.25) is 0 Å². The lowest BCUT2D eigenvalue weighted by Crippen LogP contribution is -1.99. The molecule has 16 heavy (non-hydrogen) atoms. The minimum atomic E-state index is 0.419. The van der Waals surface area contributed by atoms with Gasteiger partial charge in [0.05, 0.1) is 15.9 Å². The molecule has 0 aliphatic rings. The van der Waals surface area contributed by atoms with Crippen molar-refractivity contribution in [2.24, 2.45) is 12.8 Å². The second kappa shape index (κ2) is 4.57. The van der Waals surface area contributed by atoms with Crippen molar-refractivity contribution in [1.82, 2.24) is 9.78 Å². The minimum Gasteiger partial charge on any atom is -0.325 e. The highest BCUT2D eigenvalue weighted by Gasteiger charge is 2.13. The zero-order valence-electron chi connectivity index (χ0n) is 8.74. The largest absolute Gasteiger partial charge is 0.325 e. The average Bonchev–Trinajstić information content (AvgIpc) is 2.56. The van der Waals surface area contributed by atoms with Crippen molar-refractivity contribution < 1.29 is 0 Å². The fraction of sp³-hybridized carbons (Fsp3) is 0.182. The molecule has 2 N–H and O–H groups in total. The summed E-state index contributed by atoms with van der Waals surface area (Å²) in [6.07, 6.45) is 0. The van der Waals surface area contributed by atoms with Crippen LogP contribution in [0.1, 0.15) is 5.69 Å². The quantitative estimate of drug-likeness (QED) is 0.926. The van der Waals surface area contributed by atoms with E-state index in [0.717, 1.165) is 26.4 Å². The summed E-state index contributed by atoms with van der Waals surface area (Å²) in [6.45, 7) is 0.419. The van der Waals surface area contributed by atoms with Crippen molar-refractivity contribution in [3.05, 3.63) is 39.5 Å².